The smallest absolute Gasteiger partial charge is 0.138 e. The highest BCUT2D eigenvalue weighted by Gasteiger charge is 2.27. The van der Waals surface area contributed by atoms with Crippen LogP contribution < -0.4 is 0 Å². The van der Waals surface area contributed by atoms with Gasteiger partial charge >= 0.3 is 0 Å². The fourth-order valence-electron chi connectivity index (χ4n) is 2.42. The minimum atomic E-state index is 0.212. The first-order valence-corrected chi connectivity index (χ1v) is 5.60. The van der Waals surface area contributed by atoms with Crippen LogP contribution in [0.1, 0.15) is 38.4 Å². The first-order chi connectivity index (χ1) is 7.20. The van der Waals surface area contributed by atoms with E-state index in [0.717, 1.165) is 12.2 Å². The van der Waals surface area contributed by atoms with Gasteiger partial charge in [0, 0.05) is 12.2 Å². The van der Waals surface area contributed by atoms with Crippen molar-refractivity contribution in [3.63, 3.8) is 0 Å². The van der Waals surface area contributed by atoms with Gasteiger partial charge in [-0.05, 0) is 45.4 Å². The molecule has 1 aromatic rings. The Morgan fingerprint density at radius 2 is 2.40 bits per heavy atom. The number of rotatable bonds is 2. The fraction of sp³-hybridized carbons (Fsp3) is 0.583. The lowest BCUT2D eigenvalue weighted by Gasteiger charge is -2.28. The highest BCUT2D eigenvalue weighted by Crippen LogP contribution is 2.31. The second-order valence-electron chi connectivity index (χ2n) is 4.31. The van der Waals surface area contributed by atoms with Crippen LogP contribution in [0.15, 0.2) is 18.3 Å². The second kappa shape index (κ2) is 4.19. The SMILES string of the molecule is CC(c1ncccc1O)N1CCC[C@@H]1C. The summed E-state index contributed by atoms with van der Waals surface area (Å²) in [5, 5.41) is 9.74. The average molecular weight is 206 g/mol. The van der Waals surface area contributed by atoms with E-state index in [1.54, 1.807) is 18.3 Å². The topological polar surface area (TPSA) is 36.4 Å². The molecule has 2 rings (SSSR count). The summed E-state index contributed by atoms with van der Waals surface area (Å²) in [6, 6.07) is 4.28. The predicted octanol–water partition coefficient (Wildman–Crippen LogP) is 2.33. The van der Waals surface area contributed by atoms with Gasteiger partial charge < -0.3 is 5.11 Å². The summed E-state index contributed by atoms with van der Waals surface area (Å²) in [6.07, 6.45) is 4.24. The Labute approximate surface area is 90.8 Å². The van der Waals surface area contributed by atoms with Gasteiger partial charge in [0.1, 0.15) is 5.75 Å². The Bertz CT molecular complexity index is 340. The third-order valence-electron chi connectivity index (χ3n) is 3.31. The molecule has 1 aromatic heterocycles. The van der Waals surface area contributed by atoms with E-state index in [1.165, 1.54) is 12.8 Å². The summed E-state index contributed by atoms with van der Waals surface area (Å²) < 4.78 is 0. The zero-order valence-electron chi connectivity index (χ0n) is 9.35. The number of aromatic nitrogens is 1. The van der Waals surface area contributed by atoms with Crippen molar-refractivity contribution >= 4 is 0 Å². The average Bonchev–Trinajstić information content (AvgIpc) is 2.64. The summed E-state index contributed by atoms with van der Waals surface area (Å²) in [6.45, 7) is 5.46. The predicted molar refractivity (Wildman–Crippen MR) is 59.7 cm³/mol. The molecule has 3 heteroatoms. The maximum atomic E-state index is 9.74. The van der Waals surface area contributed by atoms with Crippen LogP contribution in [0.25, 0.3) is 0 Å². The van der Waals surface area contributed by atoms with E-state index in [1.807, 2.05) is 0 Å². The molecule has 3 nitrogen and oxygen atoms in total. The van der Waals surface area contributed by atoms with Gasteiger partial charge in [-0.25, -0.2) is 0 Å². The van der Waals surface area contributed by atoms with Gasteiger partial charge in [0.2, 0.25) is 0 Å². The number of aromatic hydroxyl groups is 1. The molecule has 0 spiro atoms. The molecule has 82 valence electrons. The van der Waals surface area contributed by atoms with Crippen LogP contribution in [0.3, 0.4) is 0 Å². The maximum Gasteiger partial charge on any atom is 0.138 e. The van der Waals surface area contributed by atoms with Crippen molar-refractivity contribution in [3.8, 4) is 5.75 Å². The van der Waals surface area contributed by atoms with E-state index >= 15 is 0 Å². The molecule has 0 radical (unpaired) electrons. The van der Waals surface area contributed by atoms with E-state index in [-0.39, 0.29) is 6.04 Å². The first-order valence-electron chi connectivity index (χ1n) is 5.60. The molecule has 1 fully saturated rings. The van der Waals surface area contributed by atoms with Gasteiger partial charge in [-0.2, -0.15) is 0 Å². The van der Waals surface area contributed by atoms with Crippen molar-refractivity contribution in [2.24, 2.45) is 0 Å². The molecule has 0 aliphatic carbocycles. The molecule has 2 heterocycles. The van der Waals surface area contributed by atoms with Crippen LogP contribution in [0, 0.1) is 0 Å². The van der Waals surface area contributed by atoms with Gasteiger partial charge in [-0.15, -0.1) is 0 Å². The van der Waals surface area contributed by atoms with Crippen LogP contribution in [-0.4, -0.2) is 27.6 Å². The molecule has 2 atom stereocenters. The highest BCUT2D eigenvalue weighted by atomic mass is 16.3. The van der Waals surface area contributed by atoms with Crippen LogP contribution in [-0.2, 0) is 0 Å². The van der Waals surface area contributed by atoms with Crippen molar-refractivity contribution in [3.05, 3.63) is 24.0 Å². The molecule has 0 amide bonds. The maximum absolute atomic E-state index is 9.74. The van der Waals surface area contributed by atoms with Crippen molar-refractivity contribution in [1.29, 1.82) is 0 Å². The lowest BCUT2D eigenvalue weighted by atomic mass is 10.1. The Morgan fingerprint density at radius 3 is 3.00 bits per heavy atom. The fourth-order valence-corrected chi connectivity index (χ4v) is 2.42. The number of hydrogen-bond acceptors (Lipinski definition) is 3. The van der Waals surface area contributed by atoms with Gasteiger partial charge in [0.15, 0.2) is 0 Å². The summed E-state index contributed by atoms with van der Waals surface area (Å²) >= 11 is 0. The molecule has 1 aliphatic rings. The molecule has 0 aromatic carbocycles. The summed E-state index contributed by atoms with van der Waals surface area (Å²) in [5.41, 5.74) is 0.797. The lowest BCUT2D eigenvalue weighted by Crippen LogP contribution is -2.30. The van der Waals surface area contributed by atoms with Gasteiger partial charge in [0.05, 0.1) is 11.7 Å². The van der Waals surface area contributed by atoms with Gasteiger partial charge in [0.25, 0.3) is 0 Å². The first kappa shape index (κ1) is 10.4. The van der Waals surface area contributed by atoms with E-state index in [9.17, 15) is 5.11 Å². The van der Waals surface area contributed by atoms with Crippen LogP contribution >= 0.6 is 0 Å². The number of nitrogens with zero attached hydrogens (tertiary/aromatic N) is 2. The third-order valence-corrected chi connectivity index (χ3v) is 3.31. The summed E-state index contributed by atoms with van der Waals surface area (Å²) in [4.78, 5) is 6.67. The molecule has 15 heavy (non-hydrogen) atoms. The standard InChI is InChI=1S/C12H18N2O/c1-9-5-4-8-14(9)10(2)12-11(15)6-3-7-13-12/h3,6-7,9-10,15H,4-5,8H2,1-2H3/t9-,10?/m0/s1. The highest BCUT2D eigenvalue weighted by molar-refractivity contribution is 5.27. The zero-order valence-corrected chi connectivity index (χ0v) is 9.35. The quantitative estimate of drug-likeness (QED) is 0.806. The second-order valence-corrected chi connectivity index (χ2v) is 4.31. The number of hydrogen-bond donors (Lipinski definition) is 1. The molecule has 1 aliphatic heterocycles. The largest absolute Gasteiger partial charge is 0.506 e. The molecular weight excluding hydrogens is 188 g/mol. The Kier molecular flexibility index (Phi) is 2.91. The van der Waals surface area contributed by atoms with Crippen molar-refractivity contribution in [1.82, 2.24) is 9.88 Å². The lowest BCUT2D eigenvalue weighted by molar-refractivity contribution is 0.197. The van der Waals surface area contributed by atoms with E-state index < -0.39 is 0 Å². The molecular formula is C12H18N2O. The normalized spacial score (nSPS) is 24.3. The summed E-state index contributed by atoms with van der Waals surface area (Å²) in [7, 11) is 0. The van der Waals surface area contributed by atoms with E-state index in [0.29, 0.717) is 11.8 Å². The Balaban J connectivity index is 2.20. The van der Waals surface area contributed by atoms with Crippen molar-refractivity contribution in [2.45, 2.75) is 38.8 Å². The minimum absolute atomic E-state index is 0.212. The molecule has 0 saturated carbocycles. The molecule has 1 saturated heterocycles. The number of likely N-dealkylation sites (tertiary alicyclic amines) is 1. The Hall–Kier alpha value is -1.09. The van der Waals surface area contributed by atoms with Crippen molar-refractivity contribution < 1.29 is 5.11 Å². The summed E-state index contributed by atoms with van der Waals surface area (Å²) in [5.74, 6) is 0.309. The molecule has 1 N–H and O–H groups in total. The van der Waals surface area contributed by atoms with Crippen LogP contribution in [0.4, 0.5) is 0 Å². The monoisotopic (exact) mass is 206 g/mol. The third kappa shape index (κ3) is 1.97. The van der Waals surface area contributed by atoms with Gasteiger partial charge in [-0.3, -0.25) is 9.88 Å². The number of pyridine rings is 1. The van der Waals surface area contributed by atoms with Crippen LogP contribution in [0.5, 0.6) is 5.75 Å². The van der Waals surface area contributed by atoms with E-state index in [4.69, 9.17) is 0 Å². The molecule has 1 unspecified atom stereocenters. The zero-order chi connectivity index (χ0) is 10.8. The minimum Gasteiger partial charge on any atom is -0.506 e. The van der Waals surface area contributed by atoms with Crippen LogP contribution in [0.2, 0.25) is 0 Å². The van der Waals surface area contributed by atoms with Crippen molar-refractivity contribution in [2.75, 3.05) is 6.54 Å². The Morgan fingerprint density at radius 1 is 1.60 bits per heavy atom. The molecule has 0 bridgehead atoms. The van der Waals surface area contributed by atoms with Gasteiger partial charge in [-0.1, -0.05) is 0 Å². The van der Waals surface area contributed by atoms with E-state index in [2.05, 4.69) is 23.7 Å².